The van der Waals surface area contributed by atoms with E-state index in [2.05, 4.69) is 5.32 Å². The van der Waals surface area contributed by atoms with Gasteiger partial charge in [0.15, 0.2) is 5.78 Å². The molecule has 1 aliphatic heterocycles. The van der Waals surface area contributed by atoms with Gasteiger partial charge in [0.1, 0.15) is 11.3 Å². The Morgan fingerprint density at radius 3 is 2.89 bits per heavy atom. The van der Waals surface area contributed by atoms with Crippen molar-refractivity contribution in [1.82, 2.24) is 10.2 Å². The molecule has 7 heteroatoms. The van der Waals surface area contributed by atoms with Crippen molar-refractivity contribution in [3.05, 3.63) is 51.2 Å². The first-order valence-electron chi connectivity index (χ1n) is 9.44. The fraction of sp³-hybridized carbons (Fsp3) is 0.381. The summed E-state index contributed by atoms with van der Waals surface area (Å²) in [5.41, 5.74) is 1.14. The number of amides is 3. The number of benzene rings is 1. The van der Waals surface area contributed by atoms with Crippen LogP contribution in [0.4, 0.5) is 4.79 Å². The number of aryl methyl sites for hydroxylation is 1. The van der Waals surface area contributed by atoms with Gasteiger partial charge in [-0.3, -0.25) is 14.5 Å². The summed E-state index contributed by atoms with van der Waals surface area (Å²) >= 11 is 1.63. The smallest absolute Gasteiger partial charge is 0.325 e. The number of ketones is 1. The van der Waals surface area contributed by atoms with Gasteiger partial charge in [0.25, 0.3) is 5.91 Å². The standard InChI is InChI=1S/C21H22N2O4S/c1-3-27-17-7-6-14(13(2)24)11-15(17)12-23-19(25)21(22-20(23)26)9-4-5-18-16(21)8-10-28-18/h6-8,10-11H,3-5,9,12H2,1-2H3,(H,22,26)/t21-/m0/s1. The van der Waals surface area contributed by atoms with E-state index >= 15 is 0 Å². The quantitative estimate of drug-likeness (QED) is 0.616. The second-order valence-electron chi connectivity index (χ2n) is 7.15. The van der Waals surface area contributed by atoms with E-state index in [1.165, 1.54) is 11.8 Å². The summed E-state index contributed by atoms with van der Waals surface area (Å²) in [5, 5.41) is 4.93. The van der Waals surface area contributed by atoms with Gasteiger partial charge in [-0.15, -0.1) is 11.3 Å². The molecule has 3 amide bonds. The molecule has 2 aliphatic rings. The van der Waals surface area contributed by atoms with Crippen LogP contribution in [0.2, 0.25) is 0 Å². The van der Waals surface area contributed by atoms with E-state index in [0.717, 1.165) is 23.3 Å². The summed E-state index contributed by atoms with van der Waals surface area (Å²) in [6.07, 6.45) is 2.40. The van der Waals surface area contributed by atoms with E-state index in [-0.39, 0.29) is 18.2 Å². The van der Waals surface area contributed by atoms with Gasteiger partial charge in [0.05, 0.1) is 13.2 Å². The molecule has 1 saturated heterocycles. The molecule has 28 heavy (non-hydrogen) atoms. The molecule has 0 saturated carbocycles. The number of imide groups is 1. The van der Waals surface area contributed by atoms with E-state index < -0.39 is 11.6 Å². The van der Waals surface area contributed by atoms with Gasteiger partial charge in [0, 0.05) is 21.6 Å². The van der Waals surface area contributed by atoms with E-state index in [1.807, 2.05) is 18.4 Å². The van der Waals surface area contributed by atoms with Crippen molar-refractivity contribution in [3.63, 3.8) is 0 Å². The number of urea groups is 1. The predicted molar refractivity (Wildman–Crippen MR) is 106 cm³/mol. The van der Waals surface area contributed by atoms with Crippen LogP contribution >= 0.6 is 11.3 Å². The fourth-order valence-corrected chi connectivity index (χ4v) is 5.07. The predicted octanol–water partition coefficient (Wildman–Crippen LogP) is 3.63. The van der Waals surface area contributed by atoms with Crippen molar-refractivity contribution in [3.8, 4) is 5.75 Å². The Labute approximate surface area is 167 Å². The number of carbonyl (C=O) groups excluding carboxylic acids is 3. The number of rotatable bonds is 5. The van der Waals surface area contributed by atoms with Crippen LogP contribution in [0.3, 0.4) is 0 Å². The number of nitrogens with one attached hydrogen (secondary N) is 1. The van der Waals surface area contributed by atoms with E-state index in [9.17, 15) is 14.4 Å². The number of carbonyl (C=O) groups is 3. The van der Waals surface area contributed by atoms with Crippen LogP contribution < -0.4 is 10.1 Å². The highest BCUT2D eigenvalue weighted by molar-refractivity contribution is 7.10. The van der Waals surface area contributed by atoms with Crippen molar-refractivity contribution in [2.75, 3.05) is 6.61 Å². The van der Waals surface area contributed by atoms with Gasteiger partial charge >= 0.3 is 6.03 Å². The Hall–Kier alpha value is -2.67. The van der Waals surface area contributed by atoms with Crippen molar-refractivity contribution in [2.45, 2.75) is 45.2 Å². The minimum absolute atomic E-state index is 0.0718. The topological polar surface area (TPSA) is 75.7 Å². The first kappa shape index (κ1) is 18.7. The van der Waals surface area contributed by atoms with Crippen molar-refractivity contribution >= 4 is 29.1 Å². The molecule has 6 nitrogen and oxygen atoms in total. The maximum atomic E-state index is 13.4. The van der Waals surface area contributed by atoms with Crippen LogP contribution in [0.5, 0.6) is 5.75 Å². The Bertz CT molecular complexity index is 967. The Morgan fingerprint density at radius 2 is 2.14 bits per heavy atom. The lowest BCUT2D eigenvalue weighted by molar-refractivity contribution is -0.132. The number of Topliss-reactive ketones (excluding diaryl/α,β-unsaturated/α-hetero) is 1. The van der Waals surface area contributed by atoms with Crippen LogP contribution in [-0.4, -0.2) is 29.2 Å². The second kappa shape index (κ2) is 7.05. The van der Waals surface area contributed by atoms with Crippen LogP contribution in [-0.2, 0) is 23.3 Å². The molecule has 2 aromatic rings. The number of hydrogen-bond acceptors (Lipinski definition) is 5. The van der Waals surface area contributed by atoms with E-state index in [1.54, 1.807) is 29.5 Å². The summed E-state index contributed by atoms with van der Waals surface area (Å²) in [6, 6.07) is 6.67. The second-order valence-corrected chi connectivity index (χ2v) is 8.15. The zero-order valence-corrected chi connectivity index (χ0v) is 16.7. The van der Waals surface area contributed by atoms with Gasteiger partial charge in [-0.25, -0.2) is 4.79 Å². The largest absolute Gasteiger partial charge is 0.494 e. The van der Waals surface area contributed by atoms with E-state index in [4.69, 9.17) is 4.74 Å². The Kier molecular flexibility index (Phi) is 4.71. The van der Waals surface area contributed by atoms with Gasteiger partial charge in [-0.05, 0) is 62.8 Å². The molecule has 4 rings (SSSR count). The summed E-state index contributed by atoms with van der Waals surface area (Å²) < 4.78 is 5.65. The lowest BCUT2D eigenvalue weighted by Gasteiger charge is -2.31. The molecule has 146 valence electrons. The minimum atomic E-state index is -0.964. The molecule has 2 heterocycles. The van der Waals surface area contributed by atoms with Crippen LogP contribution in [0.25, 0.3) is 0 Å². The lowest BCUT2D eigenvalue weighted by Crippen LogP contribution is -2.46. The van der Waals surface area contributed by atoms with Gasteiger partial charge in [-0.2, -0.15) is 0 Å². The normalized spacial score (nSPS) is 21.0. The molecule has 0 bridgehead atoms. The number of hydrogen-bond donors (Lipinski definition) is 1. The SMILES string of the molecule is CCOc1ccc(C(C)=O)cc1CN1C(=O)N[C@]2(CCCc3sccc32)C1=O. The van der Waals surface area contributed by atoms with Crippen molar-refractivity contribution in [1.29, 1.82) is 0 Å². The molecule has 1 fully saturated rings. The maximum absolute atomic E-state index is 13.4. The fourth-order valence-electron chi connectivity index (χ4n) is 4.07. The third-order valence-electron chi connectivity index (χ3n) is 5.43. The molecule has 0 unspecified atom stereocenters. The monoisotopic (exact) mass is 398 g/mol. The average Bonchev–Trinajstić information content (AvgIpc) is 3.24. The summed E-state index contributed by atoms with van der Waals surface area (Å²) in [6.45, 7) is 3.88. The molecule has 1 aromatic carbocycles. The lowest BCUT2D eigenvalue weighted by atomic mass is 9.80. The van der Waals surface area contributed by atoms with Gasteiger partial charge in [-0.1, -0.05) is 0 Å². The Balaban J connectivity index is 1.69. The number of fused-ring (bicyclic) bond motifs is 2. The number of ether oxygens (including phenoxy) is 1. The zero-order valence-electron chi connectivity index (χ0n) is 15.9. The van der Waals surface area contributed by atoms with Gasteiger partial charge < -0.3 is 10.1 Å². The van der Waals surface area contributed by atoms with Crippen LogP contribution in [0.15, 0.2) is 29.6 Å². The van der Waals surface area contributed by atoms with Crippen LogP contribution in [0.1, 0.15) is 53.1 Å². The molecule has 1 aliphatic carbocycles. The molecule has 1 N–H and O–H groups in total. The minimum Gasteiger partial charge on any atom is -0.494 e. The van der Waals surface area contributed by atoms with Crippen molar-refractivity contribution < 1.29 is 19.1 Å². The average molecular weight is 398 g/mol. The summed E-state index contributed by atoms with van der Waals surface area (Å²) in [5.74, 6) is 0.273. The highest BCUT2D eigenvalue weighted by atomic mass is 32.1. The highest BCUT2D eigenvalue weighted by Crippen LogP contribution is 2.42. The third kappa shape index (κ3) is 2.90. The summed E-state index contributed by atoms with van der Waals surface area (Å²) in [7, 11) is 0. The molecule has 1 atom stereocenters. The first-order valence-corrected chi connectivity index (χ1v) is 10.3. The number of thiophene rings is 1. The Morgan fingerprint density at radius 1 is 1.32 bits per heavy atom. The molecule has 0 radical (unpaired) electrons. The molecule has 1 aromatic heterocycles. The van der Waals surface area contributed by atoms with Crippen molar-refractivity contribution in [2.24, 2.45) is 0 Å². The molecular weight excluding hydrogens is 376 g/mol. The maximum Gasteiger partial charge on any atom is 0.325 e. The number of nitrogens with zero attached hydrogens (tertiary/aromatic N) is 1. The van der Waals surface area contributed by atoms with E-state index in [0.29, 0.717) is 29.9 Å². The molecular formula is C21H22N2O4S. The molecule has 1 spiro atoms. The summed E-state index contributed by atoms with van der Waals surface area (Å²) in [4.78, 5) is 40.3. The first-order chi connectivity index (χ1) is 13.5. The zero-order chi connectivity index (χ0) is 19.9. The third-order valence-corrected chi connectivity index (χ3v) is 6.41. The highest BCUT2D eigenvalue weighted by Gasteiger charge is 2.54. The van der Waals surface area contributed by atoms with Crippen LogP contribution in [0, 0.1) is 0 Å². The van der Waals surface area contributed by atoms with Gasteiger partial charge in [0.2, 0.25) is 0 Å².